The average molecular weight is 291 g/mol. The summed E-state index contributed by atoms with van der Waals surface area (Å²) in [5, 5.41) is 9.49. The highest BCUT2D eigenvalue weighted by Crippen LogP contribution is 2.27. The number of carboxylic acid groups (broad SMARTS) is 1. The number of aromatic nitrogens is 2. The van der Waals surface area contributed by atoms with Gasteiger partial charge in [-0.25, -0.2) is 14.2 Å². The molecule has 100 valence electrons. The van der Waals surface area contributed by atoms with Crippen molar-refractivity contribution in [3.8, 4) is 11.4 Å². The number of carbonyl (C=O) groups is 1. The molecule has 0 fully saturated rings. The highest BCUT2D eigenvalue weighted by molar-refractivity contribution is 6.30. The summed E-state index contributed by atoms with van der Waals surface area (Å²) in [6.07, 6.45) is 0. The average Bonchev–Trinajstić information content (AvgIpc) is 2.84. The summed E-state index contributed by atoms with van der Waals surface area (Å²) in [7, 11) is 0. The summed E-state index contributed by atoms with van der Waals surface area (Å²) in [6.45, 7) is 0. The van der Waals surface area contributed by atoms with E-state index in [1.807, 2.05) is 0 Å². The third-order valence-corrected chi connectivity index (χ3v) is 3.16. The zero-order valence-corrected chi connectivity index (χ0v) is 10.8. The van der Waals surface area contributed by atoms with Gasteiger partial charge in [0.2, 0.25) is 0 Å². The Hall–Kier alpha value is -2.40. The molecule has 0 spiro atoms. The first-order valence-electron chi connectivity index (χ1n) is 5.73. The smallest absolute Gasteiger partial charge is 0.337 e. The molecule has 0 bridgehead atoms. The van der Waals surface area contributed by atoms with Crippen LogP contribution in [-0.2, 0) is 0 Å². The summed E-state index contributed by atoms with van der Waals surface area (Å²) in [5.74, 6) is -1.32. The zero-order valence-electron chi connectivity index (χ0n) is 10.0. The second kappa shape index (κ2) is 4.61. The van der Waals surface area contributed by atoms with Crippen LogP contribution in [0.25, 0.3) is 22.4 Å². The van der Waals surface area contributed by atoms with E-state index in [1.165, 1.54) is 24.3 Å². The largest absolute Gasteiger partial charge is 0.478 e. The van der Waals surface area contributed by atoms with Crippen LogP contribution in [0.1, 0.15) is 10.4 Å². The third kappa shape index (κ3) is 2.02. The fourth-order valence-electron chi connectivity index (χ4n) is 2.01. The van der Waals surface area contributed by atoms with E-state index >= 15 is 0 Å². The number of para-hydroxylation sites is 1. The van der Waals surface area contributed by atoms with Gasteiger partial charge >= 0.3 is 5.97 Å². The van der Waals surface area contributed by atoms with E-state index in [0.717, 1.165) is 0 Å². The minimum Gasteiger partial charge on any atom is -0.478 e. The van der Waals surface area contributed by atoms with Crippen LogP contribution in [0.5, 0.6) is 0 Å². The SMILES string of the molecule is O=C(O)c1cccc2[nH]c(-c3cc(Cl)ccc3F)nc12. The molecule has 20 heavy (non-hydrogen) atoms. The second-order valence-corrected chi connectivity index (χ2v) is 4.65. The van der Waals surface area contributed by atoms with Crippen molar-refractivity contribution in [1.82, 2.24) is 9.97 Å². The number of H-pyrrole nitrogens is 1. The van der Waals surface area contributed by atoms with Crippen molar-refractivity contribution in [3.63, 3.8) is 0 Å². The van der Waals surface area contributed by atoms with Crippen LogP contribution in [0.3, 0.4) is 0 Å². The molecule has 0 aliphatic rings. The van der Waals surface area contributed by atoms with E-state index in [2.05, 4.69) is 9.97 Å². The summed E-state index contributed by atoms with van der Waals surface area (Å²) in [4.78, 5) is 18.2. The molecule has 3 aromatic rings. The standard InChI is InChI=1S/C14H8ClFN2O2/c15-7-4-5-10(16)9(6-7)13-17-11-3-1-2-8(14(19)20)12(11)18-13/h1-6H,(H,17,18)(H,19,20). The maximum absolute atomic E-state index is 13.8. The number of rotatable bonds is 2. The number of hydrogen-bond donors (Lipinski definition) is 2. The topological polar surface area (TPSA) is 66.0 Å². The molecular weight excluding hydrogens is 283 g/mol. The number of halogens is 2. The molecule has 2 aromatic carbocycles. The van der Waals surface area contributed by atoms with E-state index in [9.17, 15) is 9.18 Å². The van der Waals surface area contributed by atoms with Gasteiger partial charge in [0.05, 0.1) is 16.6 Å². The maximum atomic E-state index is 13.8. The van der Waals surface area contributed by atoms with E-state index < -0.39 is 11.8 Å². The molecule has 4 nitrogen and oxygen atoms in total. The summed E-state index contributed by atoms with van der Waals surface area (Å²) >= 11 is 5.84. The molecule has 0 aliphatic carbocycles. The number of imidazole rings is 1. The summed E-state index contributed by atoms with van der Waals surface area (Å²) in [6, 6.07) is 8.84. The van der Waals surface area contributed by atoms with Crippen molar-refractivity contribution >= 4 is 28.6 Å². The number of aromatic amines is 1. The Kier molecular flexibility index (Phi) is 2.91. The minimum absolute atomic E-state index is 0.0624. The lowest BCUT2D eigenvalue weighted by Gasteiger charge is -1.99. The lowest BCUT2D eigenvalue weighted by Crippen LogP contribution is -1.96. The van der Waals surface area contributed by atoms with Crippen LogP contribution in [0, 0.1) is 5.82 Å². The number of nitrogens with one attached hydrogen (secondary N) is 1. The Morgan fingerprint density at radius 1 is 1.30 bits per heavy atom. The Morgan fingerprint density at radius 3 is 2.85 bits per heavy atom. The molecule has 0 amide bonds. The highest BCUT2D eigenvalue weighted by Gasteiger charge is 2.15. The quantitative estimate of drug-likeness (QED) is 0.756. The van der Waals surface area contributed by atoms with Crippen molar-refractivity contribution in [2.45, 2.75) is 0 Å². The van der Waals surface area contributed by atoms with Crippen LogP contribution >= 0.6 is 11.6 Å². The lowest BCUT2D eigenvalue weighted by molar-refractivity contribution is 0.0699. The van der Waals surface area contributed by atoms with Crippen molar-refractivity contribution in [3.05, 3.63) is 52.8 Å². The van der Waals surface area contributed by atoms with Crippen molar-refractivity contribution in [2.24, 2.45) is 0 Å². The highest BCUT2D eigenvalue weighted by atomic mass is 35.5. The van der Waals surface area contributed by atoms with E-state index in [4.69, 9.17) is 16.7 Å². The number of carboxylic acids is 1. The van der Waals surface area contributed by atoms with Crippen molar-refractivity contribution < 1.29 is 14.3 Å². The monoisotopic (exact) mass is 290 g/mol. The molecule has 0 saturated carbocycles. The van der Waals surface area contributed by atoms with E-state index in [1.54, 1.807) is 12.1 Å². The molecular formula is C14H8ClFN2O2. The Labute approximate surface area is 117 Å². The van der Waals surface area contributed by atoms with E-state index in [0.29, 0.717) is 10.5 Å². The van der Waals surface area contributed by atoms with Gasteiger partial charge in [-0.05, 0) is 30.3 Å². The number of benzene rings is 2. The molecule has 0 radical (unpaired) electrons. The van der Waals surface area contributed by atoms with Gasteiger partial charge in [-0.1, -0.05) is 17.7 Å². The first kappa shape index (κ1) is 12.6. The van der Waals surface area contributed by atoms with Crippen molar-refractivity contribution in [1.29, 1.82) is 0 Å². The lowest BCUT2D eigenvalue weighted by atomic mass is 10.2. The first-order chi connectivity index (χ1) is 9.56. The molecule has 0 saturated heterocycles. The van der Waals surface area contributed by atoms with Crippen molar-refractivity contribution in [2.75, 3.05) is 0 Å². The Morgan fingerprint density at radius 2 is 2.10 bits per heavy atom. The van der Waals surface area contributed by atoms with Gasteiger partial charge in [-0.2, -0.15) is 0 Å². The van der Waals surface area contributed by atoms with Gasteiger partial charge in [-0.15, -0.1) is 0 Å². The fraction of sp³-hybridized carbons (Fsp3) is 0. The fourth-order valence-corrected chi connectivity index (χ4v) is 2.18. The van der Waals surface area contributed by atoms with Gasteiger partial charge in [0.1, 0.15) is 17.2 Å². The van der Waals surface area contributed by atoms with Crippen LogP contribution in [0.15, 0.2) is 36.4 Å². The number of fused-ring (bicyclic) bond motifs is 1. The van der Waals surface area contributed by atoms with Gasteiger partial charge in [-0.3, -0.25) is 0 Å². The first-order valence-corrected chi connectivity index (χ1v) is 6.11. The van der Waals surface area contributed by atoms with Crippen LogP contribution in [-0.4, -0.2) is 21.0 Å². The normalized spacial score (nSPS) is 10.9. The number of hydrogen-bond acceptors (Lipinski definition) is 2. The maximum Gasteiger partial charge on any atom is 0.337 e. The zero-order chi connectivity index (χ0) is 14.3. The predicted molar refractivity (Wildman–Crippen MR) is 73.5 cm³/mol. The Balaban J connectivity index is 2.26. The molecule has 0 atom stereocenters. The van der Waals surface area contributed by atoms with Crippen LogP contribution in [0.2, 0.25) is 5.02 Å². The molecule has 1 aromatic heterocycles. The molecule has 3 rings (SSSR count). The molecule has 0 unspecified atom stereocenters. The van der Waals surface area contributed by atoms with Gasteiger partial charge < -0.3 is 10.1 Å². The van der Waals surface area contributed by atoms with E-state index in [-0.39, 0.29) is 22.5 Å². The number of aromatic carboxylic acids is 1. The molecule has 0 aliphatic heterocycles. The van der Waals surface area contributed by atoms with Crippen LogP contribution < -0.4 is 0 Å². The van der Waals surface area contributed by atoms with Gasteiger partial charge in [0.15, 0.2) is 0 Å². The molecule has 2 N–H and O–H groups in total. The summed E-state index contributed by atoms with van der Waals surface area (Å²) < 4.78 is 13.8. The van der Waals surface area contributed by atoms with Gasteiger partial charge in [0.25, 0.3) is 0 Å². The molecule has 6 heteroatoms. The second-order valence-electron chi connectivity index (χ2n) is 4.22. The minimum atomic E-state index is -1.08. The molecule has 1 heterocycles. The Bertz CT molecular complexity index is 829. The third-order valence-electron chi connectivity index (χ3n) is 2.93. The summed E-state index contributed by atoms with van der Waals surface area (Å²) in [5.41, 5.74) is 1.08. The van der Waals surface area contributed by atoms with Crippen LogP contribution in [0.4, 0.5) is 4.39 Å². The number of nitrogens with zero attached hydrogens (tertiary/aromatic N) is 1. The predicted octanol–water partition coefficient (Wildman–Crippen LogP) is 3.72. The van der Waals surface area contributed by atoms with Gasteiger partial charge in [0, 0.05) is 5.02 Å².